The lowest BCUT2D eigenvalue weighted by atomic mass is 9.35. The number of rotatable bonds is 3. The van der Waals surface area contributed by atoms with Gasteiger partial charge in [0, 0.05) is 33.7 Å². The minimum absolute atomic E-state index is 0.0185. The first kappa shape index (κ1) is 40.3. The summed E-state index contributed by atoms with van der Waals surface area (Å²) in [4.78, 5) is 5.29. The maximum absolute atomic E-state index is 7.34. The van der Waals surface area contributed by atoms with Crippen molar-refractivity contribution in [2.45, 2.75) is 136 Å². The van der Waals surface area contributed by atoms with Gasteiger partial charge in [-0.1, -0.05) is 143 Å². The predicted octanol–water partition coefficient (Wildman–Crippen LogP) is 14.5. The Hall–Kier alpha value is -5.48. The molecule has 3 heterocycles. The van der Waals surface area contributed by atoms with Crippen molar-refractivity contribution in [1.29, 1.82) is 0 Å². The van der Waals surface area contributed by atoms with Crippen molar-refractivity contribution in [2.24, 2.45) is 0 Å². The van der Waals surface area contributed by atoms with Crippen LogP contribution in [0.4, 0.5) is 34.1 Å². The maximum Gasteiger partial charge on any atom is 0.297 e. The molecular formula is C59H63BN2O. The minimum Gasteiger partial charge on any atom is -0.468 e. The van der Waals surface area contributed by atoms with Crippen molar-refractivity contribution in [3.05, 3.63) is 149 Å². The van der Waals surface area contributed by atoms with Gasteiger partial charge in [0.2, 0.25) is 0 Å². The van der Waals surface area contributed by atoms with E-state index >= 15 is 0 Å². The highest BCUT2D eigenvalue weighted by atomic mass is 16.3. The van der Waals surface area contributed by atoms with E-state index in [0.717, 1.165) is 40.8 Å². The summed E-state index contributed by atoms with van der Waals surface area (Å²) >= 11 is 0. The van der Waals surface area contributed by atoms with Crippen molar-refractivity contribution in [2.75, 3.05) is 9.80 Å². The van der Waals surface area contributed by atoms with Crippen molar-refractivity contribution in [1.82, 2.24) is 0 Å². The molecule has 0 amide bonds. The average Bonchev–Trinajstić information content (AvgIpc) is 3.62. The van der Waals surface area contributed by atoms with Crippen LogP contribution in [-0.4, -0.2) is 6.71 Å². The smallest absolute Gasteiger partial charge is 0.297 e. The number of nitrogens with zero attached hydrogens (tertiary/aromatic N) is 2. The van der Waals surface area contributed by atoms with Gasteiger partial charge in [0.1, 0.15) is 5.58 Å². The Morgan fingerprint density at radius 1 is 0.556 bits per heavy atom. The SMILES string of the molecule is Cc1cc2c3c(c1)N(c1ccc(C(C)(C)C)cc1-c1ccccc1)c1c(oc4ccccc14)B3c1ccc3c(c1N2c1ccc2c(c1)C(C)(C)CCC2(C)C)C(C)(C)CCC3(C)C. The fourth-order valence-electron chi connectivity index (χ4n) is 12.1. The summed E-state index contributed by atoms with van der Waals surface area (Å²) in [5, 5.41) is 1.14. The first-order chi connectivity index (χ1) is 29.8. The van der Waals surface area contributed by atoms with E-state index in [4.69, 9.17) is 4.42 Å². The van der Waals surface area contributed by atoms with Crippen LogP contribution in [0.15, 0.2) is 120 Å². The summed E-state index contributed by atoms with van der Waals surface area (Å²) in [5.41, 5.74) is 23.1. The molecule has 4 heteroatoms. The van der Waals surface area contributed by atoms with Crippen LogP contribution < -0.4 is 26.4 Å². The van der Waals surface area contributed by atoms with Crippen LogP contribution in [0.3, 0.4) is 0 Å². The molecule has 2 aliphatic heterocycles. The third kappa shape index (κ3) is 5.92. The highest BCUT2D eigenvalue weighted by molar-refractivity contribution is 7.00. The van der Waals surface area contributed by atoms with E-state index in [-0.39, 0.29) is 33.8 Å². The van der Waals surface area contributed by atoms with Crippen LogP contribution in [0.5, 0.6) is 0 Å². The molecule has 1 aromatic heterocycles. The molecular weight excluding hydrogens is 763 g/mol. The summed E-state index contributed by atoms with van der Waals surface area (Å²) < 4.78 is 7.34. The van der Waals surface area contributed by atoms with Crippen LogP contribution >= 0.6 is 0 Å². The zero-order chi connectivity index (χ0) is 44.2. The number of para-hydroxylation sites is 1. The Labute approximate surface area is 376 Å². The monoisotopic (exact) mass is 827 g/mol. The Morgan fingerprint density at radius 2 is 1.17 bits per heavy atom. The zero-order valence-electron chi connectivity index (χ0n) is 39.7. The van der Waals surface area contributed by atoms with E-state index in [9.17, 15) is 0 Å². The van der Waals surface area contributed by atoms with Gasteiger partial charge >= 0.3 is 0 Å². The van der Waals surface area contributed by atoms with Crippen molar-refractivity contribution in [3.63, 3.8) is 0 Å². The third-order valence-corrected chi connectivity index (χ3v) is 15.9. The average molecular weight is 827 g/mol. The lowest BCUT2D eigenvalue weighted by Gasteiger charge is -2.49. The first-order valence-corrected chi connectivity index (χ1v) is 23.6. The Balaban J connectivity index is 1.28. The second kappa shape index (κ2) is 13.3. The van der Waals surface area contributed by atoms with Gasteiger partial charge in [0.25, 0.3) is 6.71 Å². The summed E-state index contributed by atoms with van der Waals surface area (Å²) in [6.07, 6.45) is 4.67. The van der Waals surface area contributed by atoms with Crippen LogP contribution in [0.25, 0.3) is 22.1 Å². The molecule has 3 nitrogen and oxygen atoms in total. The van der Waals surface area contributed by atoms with Crippen LogP contribution in [0, 0.1) is 6.92 Å². The van der Waals surface area contributed by atoms with E-state index in [0.29, 0.717) is 0 Å². The maximum atomic E-state index is 7.34. The highest BCUT2D eigenvalue weighted by Gasteiger charge is 2.51. The van der Waals surface area contributed by atoms with Crippen LogP contribution in [0.2, 0.25) is 0 Å². The van der Waals surface area contributed by atoms with Gasteiger partial charge in [0.15, 0.2) is 0 Å². The number of fused-ring (bicyclic) bond motifs is 9. The minimum atomic E-state index is -0.103. The molecule has 0 saturated carbocycles. The number of furan rings is 1. The van der Waals surface area contributed by atoms with Gasteiger partial charge in [-0.05, 0) is 158 Å². The Bertz CT molecular complexity index is 3030. The molecule has 4 aliphatic rings. The van der Waals surface area contributed by atoms with Crippen LogP contribution in [-0.2, 0) is 27.1 Å². The van der Waals surface area contributed by atoms with E-state index in [1.807, 2.05) is 0 Å². The lowest BCUT2D eigenvalue weighted by molar-refractivity contribution is 0.331. The normalized spacial score (nSPS) is 18.6. The first-order valence-electron chi connectivity index (χ1n) is 23.6. The molecule has 63 heavy (non-hydrogen) atoms. The van der Waals surface area contributed by atoms with E-state index in [2.05, 4.69) is 208 Å². The molecule has 6 aromatic carbocycles. The summed E-state index contributed by atoms with van der Waals surface area (Å²) in [5.74, 6) is 0. The second-order valence-electron chi connectivity index (χ2n) is 23.2. The number of hydrogen-bond acceptors (Lipinski definition) is 3. The quantitative estimate of drug-likeness (QED) is 0.165. The lowest BCUT2D eigenvalue weighted by Crippen LogP contribution is -2.61. The molecule has 2 aliphatic carbocycles. The van der Waals surface area contributed by atoms with Gasteiger partial charge in [-0.2, -0.15) is 0 Å². The van der Waals surface area contributed by atoms with Gasteiger partial charge in [-0.15, -0.1) is 0 Å². The van der Waals surface area contributed by atoms with Gasteiger partial charge < -0.3 is 14.2 Å². The van der Waals surface area contributed by atoms with Crippen LogP contribution in [0.1, 0.15) is 135 Å². The molecule has 7 aromatic rings. The molecule has 0 bridgehead atoms. The van der Waals surface area contributed by atoms with Crippen molar-refractivity contribution in [3.8, 4) is 11.1 Å². The zero-order valence-corrected chi connectivity index (χ0v) is 39.7. The standard InChI is InChI=1S/C59H63BN2O/c1-36-32-47-51-48(33-36)62(46-27-22-38(55(2,3)4)34-41(46)37-18-14-13-15-19-37)52-40-20-16-17-21-49(40)63-54(52)60(51)45-26-25-43-50(59(11,12)31-30-57(43,7)8)53(45)61(47)39-23-24-42-44(35-39)58(9,10)29-28-56(42,5)6/h13-27,32-35H,28-31H2,1-12H3. The predicted molar refractivity (Wildman–Crippen MR) is 270 cm³/mol. The fraction of sp³-hybridized carbons (Fsp3) is 0.356. The fourth-order valence-corrected chi connectivity index (χ4v) is 12.1. The number of hydrogen-bond donors (Lipinski definition) is 0. The summed E-state index contributed by atoms with van der Waals surface area (Å²) in [7, 11) is 0. The van der Waals surface area contributed by atoms with Gasteiger partial charge in [0.05, 0.1) is 17.0 Å². The van der Waals surface area contributed by atoms with Crippen molar-refractivity contribution >= 4 is 68.4 Å². The number of benzene rings is 6. The highest BCUT2D eigenvalue weighted by Crippen LogP contribution is 2.56. The molecule has 318 valence electrons. The molecule has 0 fully saturated rings. The third-order valence-electron chi connectivity index (χ3n) is 15.9. The molecule has 0 unspecified atom stereocenters. The molecule has 0 spiro atoms. The van der Waals surface area contributed by atoms with Gasteiger partial charge in [-0.25, -0.2) is 0 Å². The van der Waals surface area contributed by atoms with E-state index in [1.165, 1.54) is 91.0 Å². The largest absolute Gasteiger partial charge is 0.468 e. The number of anilines is 6. The van der Waals surface area contributed by atoms with E-state index in [1.54, 1.807) is 0 Å². The topological polar surface area (TPSA) is 19.6 Å². The molecule has 0 saturated heterocycles. The van der Waals surface area contributed by atoms with Gasteiger partial charge in [-0.3, -0.25) is 0 Å². The molecule has 11 rings (SSSR count). The summed E-state index contributed by atoms with van der Waals surface area (Å²) in [6.45, 7) is 28.9. The van der Waals surface area contributed by atoms with E-state index < -0.39 is 0 Å². The Kier molecular flexibility index (Phi) is 8.50. The number of aryl methyl sites for hydroxylation is 1. The Morgan fingerprint density at radius 3 is 1.89 bits per heavy atom. The molecule has 0 N–H and O–H groups in total. The van der Waals surface area contributed by atoms with Crippen molar-refractivity contribution < 1.29 is 4.42 Å². The molecule has 0 radical (unpaired) electrons. The molecule has 0 atom stereocenters. The summed E-state index contributed by atoms with van der Waals surface area (Å²) in [6, 6.07) is 44.3. The second-order valence-corrected chi connectivity index (χ2v) is 23.2.